The Morgan fingerprint density at radius 2 is 1.72 bits per heavy atom. The number of methoxy groups -OCH3 is 2. The zero-order valence-corrected chi connectivity index (χ0v) is 18.9. The van der Waals surface area contributed by atoms with E-state index >= 15 is 0 Å². The van der Waals surface area contributed by atoms with E-state index in [1.165, 1.54) is 10.4 Å². The molecule has 4 nitrogen and oxygen atoms in total. The number of aliphatic imine (C=N–C) groups is 1. The number of hydrogen-bond acceptors (Lipinski definition) is 5. The van der Waals surface area contributed by atoms with Crippen molar-refractivity contribution >= 4 is 34.3 Å². The molecule has 0 aliphatic carbocycles. The molecule has 0 amide bonds. The van der Waals surface area contributed by atoms with Gasteiger partial charge in [-0.15, -0.1) is 0 Å². The number of aromatic nitrogens is 1. The normalized spacial score (nSPS) is 11.8. The average molecular weight is 429 g/mol. The van der Waals surface area contributed by atoms with Gasteiger partial charge in [0.05, 0.1) is 19.9 Å². The van der Waals surface area contributed by atoms with Gasteiger partial charge in [-0.1, -0.05) is 55.8 Å². The van der Waals surface area contributed by atoms with Crippen molar-refractivity contribution in [1.82, 2.24) is 4.98 Å². The maximum atomic E-state index is 6.02. The van der Waals surface area contributed by atoms with E-state index < -0.39 is 0 Å². The number of benzene rings is 2. The third-order valence-electron chi connectivity index (χ3n) is 4.41. The molecule has 0 aliphatic heterocycles. The highest BCUT2D eigenvalue weighted by Crippen LogP contribution is 2.35. The van der Waals surface area contributed by atoms with Gasteiger partial charge in [0.25, 0.3) is 0 Å². The second kappa shape index (κ2) is 8.97. The average Bonchev–Trinajstić information content (AvgIpc) is 3.11. The van der Waals surface area contributed by atoms with Crippen LogP contribution >= 0.6 is 22.9 Å². The molecule has 0 unspecified atom stereocenters. The molecule has 0 spiro atoms. The second-order valence-electron chi connectivity index (χ2n) is 7.69. The van der Waals surface area contributed by atoms with Crippen molar-refractivity contribution in [3.05, 3.63) is 69.2 Å². The number of nitrogens with zero attached hydrogens (tertiary/aromatic N) is 2. The largest absolute Gasteiger partial charge is 0.493 e. The molecule has 29 heavy (non-hydrogen) atoms. The minimum absolute atomic E-state index is 0.0602. The first kappa shape index (κ1) is 21.3. The van der Waals surface area contributed by atoms with Crippen LogP contribution in [-0.2, 0) is 11.8 Å². The molecule has 1 heterocycles. The van der Waals surface area contributed by atoms with E-state index in [1.54, 1.807) is 31.8 Å². The first-order valence-corrected chi connectivity index (χ1v) is 10.5. The summed E-state index contributed by atoms with van der Waals surface area (Å²) in [5.41, 5.74) is 3.15. The summed E-state index contributed by atoms with van der Waals surface area (Å²) in [6.07, 6.45) is 2.62. The van der Waals surface area contributed by atoms with Crippen molar-refractivity contribution in [2.75, 3.05) is 14.2 Å². The Morgan fingerprint density at radius 1 is 1.03 bits per heavy atom. The SMILES string of the molecule is COc1ccc(/C=N/c2nc(C(C)(C)C)c(Cc3ccc(Cl)cc3)s2)cc1OC. The van der Waals surface area contributed by atoms with Crippen LogP contribution in [0.15, 0.2) is 47.5 Å². The van der Waals surface area contributed by atoms with Crippen LogP contribution in [0.5, 0.6) is 11.5 Å². The lowest BCUT2D eigenvalue weighted by Gasteiger charge is -2.17. The number of halogens is 1. The topological polar surface area (TPSA) is 43.7 Å². The van der Waals surface area contributed by atoms with Gasteiger partial charge in [-0.25, -0.2) is 9.98 Å². The predicted molar refractivity (Wildman–Crippen MR) is 122 cm³/mol. The number of rotatable bonds is 6. The van der Waals surface area contributed by atoms with Gasteiger partial charge in [0.1, 0.15) is 0 Å². The molecule has 0 N–H and O–H groups in total. The molecule has 0 bridgehead atoms. The first-order valence-electron chi connectivity index (χ1n) is 9.31. The van der Waals surface area contributed by atoms with Crippen molar-refractivity contribution in [2.24, 2.45) is 4.99 Å². The van der Waals surface area contributed by atoms with Gasteiger partial charge >= 0.3 is 0 Å². The summed E-state index contributed by atoms with van der Waals surface area (Å²) in [5.74, 6) is 1.37. The van der Waals surface area contributed by atoms with Crippen molar-refractivity contribution < 1.29 is 9.47 Å². The van der Waals surface area contributed by atoms with E-state index in [0.29, 0.717) is 11.5 Å². The third kappa shape index (κ3) is 5.37. The highest BCUT2D eigenvalue weighted by molar-refractivity contribution is 7.15. The van der Waals surface area contributed by atoms with E-state index in [1.807, 2.05) is 30.3 Å². The molecular formula is C23H25ClN2O2S. The van der Waals surface area contributed by atoms with E-state index in [-0.39, 0.29) is 5.41 Å². The summed E-state index contributed by atoms with van der Waals surface area (Å²) in [5, 5.41) is 1.49. The third-order valence-corrected chi connectivity index (χ3v) is 5.62. The lowest BCUT2D eigenvalue weighted by molar-refractivity contribution is 0.355. The first-order chi connectivity index (χ1) is 13.8. The summed E-state index contributed by atoms with van der Waals surface area (Å²) >= 11 is 7.64. The van der Waals surface area contributed by atoms with Gasteiger partial charge in [0, 0.05) is 28.0 Å². The molecule has 0 radical (unpaired) electrons. The van der Waals surface area contributed by atoms with E-state index in [2.05, 4.69) is 37.9 Å². The second-order valence-corrected chi connectivity index (χ2v) is 9.19. The van der Waals surface area contributed by atoms with Crippen molar-refractivity contribution in [3.8, 4) is 11.5 Å². The van der Waals surface area contributed by atoms with E-state index in [0.717, 1.165) is 27.8 Å². The summed E-state index contributed by atoms with van der Waals surface area (Å²) in [4.78, 5) is 10.7. The fourth-order valence-electron chi connectivity index (χ4n) is 2.95. The van der Waals surface area contributed by atoms with Crippen LogP contribution in [-0.4, -0.2) is 25.4 Å². The fourth-order valence-corrected chi connectivity index (χ4v) is 4.23. The van der Waals surface area contributed by atoms with Gasteiger partial charge in [0.2, 0.25) is 5.13 Å². The Kier molecular flexibility index (Phi) is 6.60. The van der Waals surface area contributed by atoms with Gasteiger partial charge in [0.15, 0.2) is 11.5 Å². The molecular weight excluding hydrogens is 404 g/mol. The molecule has 6 heteroatoms. The molecule has 3 rings (SSSR count). The minimum atomic E-state index is -0.0602. The van der Waals surface area contributed by atoms with Gasteiger partial charge in [-0.3, -0.25) is 0 Å². The van der Waals surface area contributed by atoms with Gasteiger partial charge < -0.3 is 9.47 Å². The predicted octanol–water partition coefficient (Wildman–Crippen LogP) is 6.45. The highest BCUT2D eigenvalue weighted by Gasteiger charge is 2.23. The smallest absolute Gasteiger partial charge is 0.209 e. The maximum Gasteiger partial charge on any atom is 0.209 e. The monoisotopic (exact) mass is 428 g/mol. The molecule has 0 aliphatic rings. The number of ether oxygens (including phenoxy) is 2. The summed E-state index contributed by atoms with van der Waals surface area (Å²) in [7, 11) is 3.25. The molecule has 152 valence electrons. The fraction of sp³-hybridized carbons (Fsp3) is 0.304. The Morgan fingerprint density at radius 3 is 2.34 bits per heavy atom. The van der Waals surface area contributed by atoms with Crippen LogP contribution in [0.2, 0.25) is 5.02 Å². The van der Waals surface area contributed by atoms with Crippen LogP contribution in [0.1, 0.15) is 42.5 Å². The zero-order valence-electron chi connectivity index (χ0n) is 17.3. The summed E-state index contributed by atoms with van der Waals surface area (Å²) in [6, 6.07) is 13.7. The van der Waals surface area contributed by atoms with Crippen LogP contribution in [0.3, 0.4) is 0 Å². The molecule has 0 atom stereocenters. The van der Waals surface area contributed by atoms with E-state index in [9.17, 15) is 0 Å². The number of thiazole rings is 1. The van der Waals surface area contributed by atoms with E-state index in [4.69, 9.17) is 26.1 Å². The molecule has 0 fully saturated rings. The zero-order chi connectivity index (χ0) is 21.0. The molecule has 3 aromatic rings. The van der Waals surface area contributed by atoms with Crippen molar-refractivity contribution in [1.29, 1.82) is 0 Å². The van der Waals surface area contributed by atoms with Crippen LogP contribution < -0.4 is 9.47 Å². The Labute approximate surface area is 181 Å². The van der Waals surface area contributed by atoms with Crippen LogP contribution in [0, 0.1) is 0 Å². The van der Waals surface area contributed by atoms with Crippen LogP contribution in [0.25, 0.3) is 0 Å². The quantitative estimate of drug-likeness (QED) is 0.423. The highest BCUT2D eigenvalue weighted by atomic mass is 35.5. The van der Waals surface area contributed by atoms with Crippen LogP contribution in [0.4, 0.5) is 5.13 Å². The Hall–Kier alpha value is -2.37. The summed E-state index contributed by atoms with van der Waals surface area (Å²) < 4.78 is 10.6. The molecule has 0 saturated heterocycles. The minimum Gasteiger partial charge on any atom is -0.493 e. The molecule has 0 saturated carbocycles. The lowest BCUT2D eigenvalue weighted by Crippen LogP contribution is -2.14. The van der Waals surface area contributed by atoms with Gasteiger partial charge in [-0.05, 0) is 41.5 Å². The number of hydrogen-bond donors (Lipinski definition) is 0. The maximum absolute atomic E-state index is 6.02. The standard InChI is InChI=1S/C23H25ClN2O2S/c1-23(2,3)21-20(13-15-6-9-17(24)10-7-15)29-22(26-21)25-14-16-8-11-18(27-4)19(12-16)28-5/h6-12,14H,13H2,1-5H3/b25-14+. The Bertz CT molecular complexity index is 1000. The van der Waals surface area contributed by atoms with Gasteiger partial charge in [-0.2, -0.15) is 0 Å². The molecule has 2 aromatic carbocycles. The summed E-state index contributed by atoms with van der Waals surface area (Å²) in [6.45, 7) is 6.53. The van der Waals surface area contributed by atoms with Crippen molar-refractivity contribution in [2.45, 2.75) is 32.6 Å². The molecule has 1 aromatic heterocycles. The Balaban J connectivity index is 1.89. The lowest BCUT2D eigenvalue weighted by atomic mass is 9.90. The van der Waals surface area contributed by atoms with Crippen molar-refractivity contribution in [3.63, 3.8) is 0 Å².